The molecule has 1 amide bonds. The van der Waals surface area contributed by atoms with Crippen LogP contribution in [0.4, 0.5) is 0 Å². The van der Waals surface area contributed by atoms with Crippen molar-refractivity contribution in [3.05, 3.63) is 76.0 Å². The van der Waals surface area contributed by atoms with E-state index in [9.17, 15) is 4.79 Å². The lowest BCUT2D eigenvalue weighted by Crippen LogP contribution is -2.37. The van der Waals surface area contributed by atoms with Crippen molar-refractivity contribution in [2.75, 3.05) is 7.11 Å². The van der Waals surface area contributed by atoms with Crippen LogP contribution in [0, 0.1) is 6.92 Å². The molecule has 0 fully saturated rings. The number of carbonyl (C=O) groups is 1. The maximum Gasteiger partial charge on any atom is 0.263 e. The van der Waals surface area contributed by atoms with Crippen molar-refractivity contribution in [3.8, 4) is 17.0 Å². The van der Waals surface area contributed by atoms with Crippen molar-refractivity contribution in [3.63, 3.8) is 0 Å². The SMILES string of the molecule is CCC/C=C/c1cc(Cl)cc(CN=C(N)NC(=O)c2c(-c3ccc(OC)cc3)noc2C)c1. The summed E-state index contributed by atoms with van der Waals surface area (Å²) in [6.45, 7) is 4.07. The monoisotopic (exact) mass is 466 g/mol. The van der Waals surface area contributed by atoms with E-state index in [4.69, 9.17) is 26.6 Å². The number of allylic oxidation sites excluding steroid dienone is 1. The number of nitrogens with two attached hydrogens (primary N) is 1. The van der Waals surface area contributed by atoms with Crippen LogP contribution < -0.4 is 15.8 Å². The highest BCUT2D eigenvalue weighted by Gasteiger charge is 2.22. The van der Waals surface area contributed by atoms with Crippen LogP contribution in [-0.2, 0) is 6.54 Å². The average Bonchev–Trinajstić information content (AvgIpc) is 3.19. The highest BCUT2D eigenvalue weighted by molar-refractivity contribution is 6.30. The highest BCUT2D eigenvalue weighted by Crippen LogP contribution is 2.27. The molecule has 2 aromatic carbocycles. The number of aliphatic imine (C=N–C) groups is 1. The number of guanidine groups is 1. The quantitative estimate of drug-likeness (QED) is 0.343. The summed E-state index contributed by atoms with van der Waals surface area (Å²) < 4.78 is 10.4. The van der Waals surface area contributed by atoms with Crippen molar-refractivity contribution in [2.24, 2.45) is 10.7 Å². The molecule has 3 N–H and O–H groups in total. The van der Waals surface area contributed by atoms with Gasteiger partial charge in [-0.05, 0) is 66.9 Å². The van der Waals surface area contributed by atoms with E-state index >= 15 is 0 Å². The first-order chi connectivity index (χ1) is 15.9. The molecule has 3 aromatic rings. The number of benzene rings is 2. The van der Waals surface area contributed by atoms with Gasteiger partial charge in [-0.25, -0.2) is 4.99 Å². The zero-order valence-electron chi connectivity index (χ0n) is 18.9. The molecule has 0 aliphatic heterocycles. The van der Waals surface area contributed by atoms with Crippen molar-refractivity contribution < 1.29 is 14.1 Å². The Balaban J connectivity index is 1.73. The van der Waals surface area contributed by atoms with E-state index in [1.165, 1.54) is 0 Å². The molecule has 0 atom stereocenters. The second-order valence-electron chi connectivity index (χ2n) is 7.43. The second kappa shape index (κ2) is 11.3. The van der Waals surface area contributed by atoms with Crippen LogP contribution >= 0.6 is 11.6 Å². The Labute approximate surface area is 198 Å². The molecule has 0 saturated heterocycles. The fraction of sp³-hybridized carbons (Fsp3) is 0.240. The molecular formula is C25H27ClN4O3. The maximum atomic E-state index is 12.9. The van der Waals surface area contributed by atoms with Gasteiger partial charge in [0.25, 0.3) is 5.91 Å². The Bertz CT molecular complexity index is 1170. The smallest absolute Gasteiger partial charge is 0.263 e. The normalized spacial score (nSPS) is 11.7. The fourth-order valence-corrected chi connectivity index (χ4v) is 3.50. The summed E-state index contributed by atoms with van der Waals surface area (Å²) in [6.07, 6.45) is 6.22. The largest absolute Gasteiger partial charge is 0.497 e. The van der Waals surface area contributed by atoms with E-state index in [-0.39, 0.29) is 12.5 Å². The topological polar surface area (TPSA) is 103 Å². The van der Waals surface area contributed by atoms with Gasteiger partial charge in [-0.15, -0.1) is 0 Å². The van der Waals surface area contributed by atoms with Gasteiger partial charge in [0.05, 0.1) is 13.7 Å². The van der Waals surface area contributed by atoms with Crippen LogP contribution in [0.1, 0.15) is 47.0 Å². The molecule has 33 heavy (non-hydrogen) atoms. The number of hydrogen-bond acceptors (Lipinski definition) is 5. The first-order valence-corrected chi connectivity index (χ1v) is 11.0. The third-order valence-electron chi connectivity index (χ3n) is 4.87. The lowest BCUT2D eigenvalue weighted by Gasteiger charge is -2.07. The lowest BCUT2D eigenvalue weighted by molar-refractivity contribution is 0.0975. The molecule has 3 rings (SSSR count). The van der Waals surface area contributed by atoms with Gasteiger partial charge in [0.2, 0.25) is 0 Å². The Morgan fingerprint density at radius 2 is 2.03 bits per heavy atom. The molecule has 0 saturated carbocycles. The van der Waals surface area contributed by atoms with E-state index in [1.54, 1.807) is 38.3 Å². The Hall–Kier alpha value is -3.58. The van der Waals surface area contributed by atoms with E-state index < -0.39 is 5.91 Å². The summed E-state index contributed by atoms with van der Waals surface area (Å²) in [5, 5.41) is 7.27. The standard InChI is InChI=1S/C25H27ClN4O3/c1-4-5-6-7-17-12-18(14-20(26)13-17)15-28-25(27)29-24(31)22-16(2)33-30-23(22)19-8-10-21(32-3)11-9-19/h6-14H,4-5,15H2,1-3H3,(H3,27,28,29,31)/b7-6+. The molecule has 0 aliphatic carbocycles. The van der Waals surface area contributed by atoms with Crippen molar-refractivity contribution in [1.82, 2.24) is 10.5 Å². The van der Waals surface area contributed by atoms with Gasteiger partial charge in [-0.2, -0.15) is 0 Å². The summed E-state index contributed by atoms with van der Waals surface area (Å²) in [4.78, 5) is 17.2. The zero-order valence-corrected chi connectivity index (χ0v) is 19.6. The number of hydrogen-bond donors (Lipinski definition) is 2. The molecule has 0 aliphatic rings. The van der Waals surface area contributed by atoms with E-state index in [0.717, 1.165) is 29.5 Å². The van der Waals surface area contributed by atoms with Crippen molar-refractivity contribution in [2.45, 2.75) is 33.2 Å². The minimum Gasteiger partial charge on any atom is -0.497 e. The van der Waals surface area contributed by atoms with Crippen LogP contribution in [-0.4, -0.2) is 24.1 Å². The van der Waals surface area contributed by atoms with Gasteiger partial charge in [0, 0.05) is 10.6 Å². The van der Waals surface area contributed by atoms with E-state index in [0.29, 0.717) is 27.8 Å². The van der Waals surface area contributed by atoms with Crippen LogP contribution in [0.2, 0.25) is 5.02 Å². The molecule has 0 unspecified atom stereocenters. The number of nitrogens with one attached hydrogen (secondary N) is 1. The Morgan fingerprint density at radius 1 is 1.27 bits per heavy atom. The zero-order chi connectivity index (χ0) is 23.8. The summed E-state index contributed by atoms with van der Waals surface area (Å²) >= 11 is 6.23. The Kier molecular flexibility index (Phi) is 8.27. The number of aryl methyl sites for hydroxylation is 1. The van der Waals surface area contributed by atoms with Crippen LogP contribution in [0.15, 0.2) is 58.1 Å². The summed E-state index contributed by atoms with van der Waals surface area (Å²) in [5.74, 6) is 0.621. The van der Waals surface area contributed by atoms with E-state index in [1.807, 2.05) is 24.3 Å². The number of ether oxygens (including phenoxy) is 1. The van der Waals surface area contributed by atoms with Crippen molar-refractivity contribution in [1.29, 1.82) is 0 Å². The second-order valence-corrected chi connectivity index (χ2v) is 7.87. The fourth-order valence-electron chi connectivity index (χ4n) is 3.23. The van der Waals surface area contributed by atoms with Gasteiger partial charge in [-0.3, -0.25) is 10.1 Å². The van der Waals surface area contributed by atoms with Gasteiger partial charge in [0.1, 0.15) is 22.8 Å². The van der Waals surface area contributed by atoms with Crippen molar-refractivity contribution >= 4 is 29.5 Å². The molecule has 1 heterocycles. The maximum absolute atomic E-state index is 12.9. The van der Waals surface area contributed by atoms with Crippen LogP contribution in [0.5, 0.6) is 5.75 Å². The predicted octanol–water partition coefficient (Wildman–Crippen LogP) is 5.37. The van der Waals surface area contributed by atoms with Crippen LogP contribution in [0.3, 0.4) is 0 Å². The van der Waals surface area contributed by atoms with Gasteiger partial charge in [-0.1, -0.05) is 42.3 Å². The first kappa shape index (κ1) is 24.1. The predicted molar refractivity (Wildman–Crippen MR) is 131 cm³/mol. The minimum atomic E-state index is -0.449. The molecule has 7 nitrogen and oxygen atoms in total. The number of nitrogens with zero attached hydrogens (tertiary/aromatic N) is 2. The lowest BCUT2D eigenvalue weighted by atomic mass is 10.1. The van der Waals surface area contributed by atoms with Gasteiger partial charge < -0.3 is 15.0 Å². The minimum absolute atomic E-state index is 0.00988. The number of carbonyl (C=O) groups excluding carboxylic acids is 1. The average molecular weight is 467 g/mol. The Morgan fingerprint density at radius 3 is 2.73 bits per heavy atom. The van der Waals surface area contributed by atoms with E-state index in [2.05, 4.69) is 28.5 Å². The summed E-state index contributed by atoms with van der Waals surface area (Å²) in [7, 11) is 1.59. The number of methoxy groups -OCH3 is 1. The number of rotatable bonds is 8. The summed E-state index contributed by atoms with van der Waals surface area (Å²) in [5.41, 5.74) is 9.29. The van der Waals surface area contributed by atoms with Crippen LogP contribution in [0.25, 0.3) is 17.3 Å². The first-order valence-electron chi connectivity index (χ1n) is 10.6. The molecule has 1 aromatic heterocycles. The molecule has 0 spiro atoms. The number of amides is 1. The number of aromatic nitrogens is 1. The molecule has 0 bridgehead atoms. The van der Waals surface area contributed by atoms with Gasteiger partial charge in [0.15, 0.2) is 5.96 Å². The third kappa shape index (κ3) is 6.46. The molecule has 172 valence electrons. The molecule has 0 radical (unpaired) electrons. The number of unbranched alkanes of at least 4 members (excludes halogenated alkanes) is 1. The molecular weight excluding hydrogens is 440 g/mol. The number of halogens is 1. The van der Waals surface area contributed by atoms with Gasteiger partial charge >= 0.3 is 0 Å². The summed E-state index contributed by atoms with van der Waals surface area (Å²) in [6, 6.07) is 12.9. The third-order valence-corrected chi connectivity index (χ3v) is 5.09. The molecule has 8 heteroatoms. The highest BCUT2D eigenvalue weighted by atomic mass is 35.5.